The van der Waals surface area contributed by atoms with E-state index in [4.69, 9.17) is 9.84 Å². The van der Waals surface area contributed by atoms with Gasteiger partial charge in [-0.05, 0) is 33.8 Å². The van der Waals surface area contributed by atoms with Crippen molar-refractivity contribution in [3.63, 3.8) is 0 Å². The Kier molecular flexibility index (Phi) is 5.83. The van der Waals surface area contributed by atoms with Crippen LogP contribution < -0.4 is 4.90 Å². The van der Waals surface area contributed by atoms with E-state index in [1.54, 1.807) is 20.8 Å². The van der Waals surface area contributed by atoms with E-state index >= 15 is 0 Å². The number of carboxylic acid groups (broad SMARTS) is 1. The zero-order valence-electron chi connectivity index (χ0n) is 13.8. The number of hydrogen-bond donors (Lipinski definition) is 1. The van der Waals surface area contributed by atoms with Crippen LogP contribution in [0.4, 0.5) is 20.6 Å². The fraction of sp³-hybridized carbons (Fsp3) is 0.467. The predicted molar refractivity (Wildman–Crippen MR) is 83.6 cm³/mol. The summed E-state index contributed by atoms with van der Waals surface area (Å²) in [6, 6.07) is 1.59. The monoisotopic (exact) mass is 342 g/mol. The number of carbonyl (C=O) groups is 2. The number of halogens is 1. The van der Waals surface area contributed by atoms with Crippen molar-refractivity contribution in [2.24, 2.45) is 0 Å². The second-order valence-electron chi connectivity index (χ2n) is 5.98. The van der Waals surface area contributed by atoms with Gasteiger partial charge in [0.15, 0.2) is 0 Å². The maximum atomic E-state index is 13.8. The third-order valence-corrected chi connectivity index (χ3v) is 2.88. The highest BCUT2D eigenvalue weighted by Gasteiger charge is 2.31. The molecule has 0 aliphatic carbocycles. The molecule has 1 aromatic carbocycles. The molecule has 0 aliphatic heterocycles. The minimum absolute atomic E-state index is 0.0221. The van der Waals surface area contributed by atoms with Crippen molar-refractivity contribution in [2.75, 3.05) is 11.4 Å². The zero-order chi connectivity index (χ0) is 18.7. The van der Waals surface area contributed by atoms with E-state index in [2.05, 4.69) is 0 Å². The average Bonchev–Trinajstić information content (AvgIpc) is 2.35. The quantitative estimate of drug-likeness (QED) is 0.650. The van der Waals surface area contributed by atoms with Crippen molar-refractivity contribution in [1.82, 2.24) is 0 Å². The van der Waals surface area contributed by atoms with Crippen molar-refractivity contribution in [1.29, 1.82) is 0 Å². The van der Waals surface area contributed by atoms with Crippen LogP contribution in [0.2, 0.25) is 0 Å². The lowest BCUT2D eigenvalue weighted by Crippen LogP contribution is -2.37. The molecule has 9 heteroatoms. The first-order chi connectivity index (χ1) is 11.0. The number of carboxylic acids is 1. The third kappa shape index (κ3) is 4.90. The number of hydrogen-bond acceptors (Lipinski definition) is 5. The minimum atomic E-state index is -1.35. The number of rotatable bonds is 5. The maximum absolute atomic E-state index is 13.8. The Hall–Kier alpha value is -2.71. The molecule has 0 aliphatic rings. The van der Waals surface area contributed by atoms with Gasteiger partial charge in [-0.3, -0.25) is 19.8 Å². The van der Waals surface area contributed by atoms with Crippen LogP contribution in [0.3, 0.4) is 0 Å². The van der Waals surface area contributed by atoms with Crippen molar-refractivity contribution < 1.29 is 28.7 Å². The Morgan fingerprint density at radius 3 is 2.38 bits per heavy atom. The number of ether oxygens (including phenoxy) is 1. The van der Waals surface area contributed by atoms with Crippen molar-refractivity contribution in [3.05, 3.63) is 33.6 Å². The van der Waals surface area contributed by atoms with Crippen LogP contribution in [-0.4, -0.2) is 34.2 Å². The maximum Gasteiger partial charge on any atom is 0.415 e. The van der Waals surface area contributed by atoms with Gasteiger partial charge in [0, 0.05) is 18.2 Å². The normalized spacial score (nSPS) is 11.0. The Morgan fingerprint density at radius 1 is 1.38 bits per heavy atom. The molecule has 24 heavy (non-hydrogen) atoms. The first-order valence-corrected chi connectivity index (χ1v) is 7.15. The molecular weight excluding hydrogens is 323 g/mol. The predicted octanol–water partition coefficient (Wildman–Crippen LogP) is 3.12. The molecule has 0 bridgehead atoms. The van der Waals surface area contributed by atoms with Crippen LogP contribution >= 0.6 is 0 Å². The van der Waals surface area contributed by atoms with E-state index in [0.717, 1.165) is 17.0 Å². The van der Waals surface area contributed by atoms with Gasteiger partial charge in [-0.2, -0.15) is 0 Å². The highest BCUT2D eigenvalue weighted by molar-refractivity contribution is 5.92. The topological polar surface area (TPSA) is 110 Å². The van der Waals surface area contributed by atoms with E-state index < -0.39 is 40.5 Å². The van der Waals surface area contributed by atoms with Crippen molar-refractivity contribution in [2.45, 2.75) is 39.7 Å². The van der Waals surface area contributed by atoms with E-state index in [1.165, 1.54) is 6.92 Å². The number of aliphatic carboxylic acids is 1. The smallest absolute Gasteiger partial charge is 0.415 e. The number of amides is 1. The van der Waals surface area contributed by atoms with Crippen LogP contribution in [0.25, 0.3) is 0 Å². The molecule has 0 heterocycles. The van der Waals surface area contributed by atoms with Gasteiger partial charge >= 0.3 is 12.1 Å². The molecule has 1 rings (SSSR count). The number of carbonyl (C=O) groups excluding carboxylic acids is 1. The van der Waals surface area contributed by atoms with Crippen LogP contribution in [0.15, 0.2) is 12.1 Å². The number of nitro groups is 1. The van der Waals surface area contributed by atoms with E-state index in [1.807, 2.05) is 0 Å². The Morgan fingerprint density at radius 2 is 1.96 bits per heavy atom. The van der Waals surface area contributed by atoms with Crippen LogP contribution in [0.5, 0.6) is 0 Å². The summed E-state index contributed by atoms with van der Waals surface area (Å²) in [4.78, 5) is 34.6. The van der Waals surface area contributed by atoms with Gasteiger partial charge in [-0.1, -0.05) is 0 Å². The summed E-state index contributed by atoms with van der Waals surface area (Å²) in [5.41, 5.74) is -2.15. The van der Waals surface area contributed by atoms with Gasteiger partial charge < -0.3 is 9.84 Å². The van der Waals surface area contributed by atoms with Crippen molar-refractivity contribution >= 4 is 23.4 Å². The summed E-state index contributed by atoms with van der Waals surface area (Å²) >= 11 is 0. The number of nitro benzene ring substituents is 1. The second kappa shape index (κ2) is 7.24. The lowest BCUT2D eigenvalue weighted by molar-refractivity contribution is -0.384. The van der Waals surface area contributed by atoms with Gasteiger partial charge in [0.05, 0.1) is 11.3 Å². The molecule has 1 N–H and O–H groups in total. The lowest BCUT2D eigenvalue weighted by atomic mass is 10.1. The highest BCUT2D eigenvalue weighted by atomic mass is 19.1. The fourth-order valence-electron chi connectivity index (χ4n) is 2.07. The van der Waals surface area contributed by atoms with Gasteiger partial charge in [0.25, 0.3) is 5.69 Å². The summed E-state index contributed by atoms with van der Waals surface area (Å²) in [6.45, 7) is 6.37. The third-order valence-electron chi connectivity index (χ3n) is 2.88. The Balaban J connectivity index is 3.48. The molecule has 0 saturated heterocycles. The van der Waals surface area contributed by atoms with Crippen LogP contribution in [-0.2, 0) is 16.0 Å². The zero-order valence-corrected chi connectivity index (χ0v) is 13.8. The first kappa shape index (κ1) is 19.3. The molecule has 0 radical (unpaired) electrons. The average molecular weight is 342 g/mol. The summed E-state index contributed by atoms with van der Waals surface area (Å²) in [6.07, 6.45) is -1.63. The van der Waals surface area contributed by atoms with E-state index in [-0.39, 0.29) is 17.8 Å². The standard InChI is InChI=1S/C15H19FN2O6/c1-5-17(14(21)24-15(2,3)4)11-8-10(16)6-9(7-12(19)20)13(11)18(22)23/h6,8H,5,7H2,1-4H3,(H,19,20). The summed E-state index contributed by atoms with van der Waals surface area (Å²) in [5, 5.41) is 20.2. The summed E-state index contributed by atoms with van der Waals surface area (Å²) < 4.78 is 19.0. The molecule has 8 nitrogen and oxygen atoms in total. The molecule has 0 spiro atoms. The van der Waals surface area contributed by atoms with Gasteiger partial charge in [0.2, 0.25) is 0 Å². The van der Waals surface area contributed by atoms with Crippen LogP contribution in [0, 0.1) is 15.9 Å². The number of nitrogens with zero attached hydrogens (tertiary/aromatic N) is 2. The van der Waals surface area contributed by atoms with E-state index in [9.17, 15) is 24.1 Å². The SMILES string of the molecule is CCN(C(=O)OC(C)(C)C)c1cc(F)cc(CC(=O)O)c1[N+](=O)[O-]. The fourth-order valence-corrected chi connectivity index (χ4v) is 2.07. The number of benzene rings is 1. The molecule has 0 saturated carbocycles. The Bertz CT molecular complexity index is 669. The Labute approximate surface area is 138 Å². The van der Waals surface area contributed by atoms with Gasteiger partial charge in [-0.25, -0.2) is 9.18 Å². The second-order valence-corrected chi connectivity index (χ2v) is 5.98. The minimum Gasteiger partial charge on any atom is -0.481 e. The lowest BCUT2D eigenvalue weighted by Gasteiger charge is -2.26. The summed E-state index contributed by atoms with van der Waals surface area (Å²) in [5.74, 6) is -2.23. The summed E-state index contributed by atoms with van der Waals surface area (Å²) in [7, 11) is 0. The first-order valence-electron chi connectivity index (χ1n) is 7.15. The highest BCUT2D eigenvalue weighted by Crippen LogP contribution is 2.34. The molecule has 0 fully saturated rings. The van der Waals surface area contributed by atoms with Crippen molar-refractivity contribution in [3.8, 4) is 0 Å². The van der Waals surface area contributed by atoms with Gasteiger partial charge in [0.1, 0.15) is 17.1 Å². The largest absolute Gasteiger partial charge is 0.481 e. The molecular formula is C15H19FN2O6. The molecule has 132 valence electrons. The molecule has 0 unspecified atom stereocenters. The number of anilines is 1. The molecule has 1 amide bonds. The molecule has 0 aromatic heterocycles. The molecule has 0 atom stereocenters. The van der Waals surface area contributed by atoms with Gasteiger partial charge in [-0.15, -0.1) is 0 Å². The van der Waals surface area contributed by atoms with E-state index in [0.29, 0.717) is 0 Å². The van der Waals surface area contributed by atoms with Crippen LogP contribution in [0.1, 0.15) is 33.3 Å². The molecule has 1 aromatic rings.